The summed E-state index contributed by atoms with van der Waals surface area (Å²) >= 11 is 0. The van der Waals surface area contributed by atoms with Gasteiger partial charge in [0.05, 0.1) is 18.0 Å². The first kappa shape index (κ1) is 20.6. The summed E-state index contributed by atoms with van der Waals surface area (Å²) in [6.07, 6.45) is 3.67. The Morgan fingerprint density at radius 1 is 1.10 bits per heavy atom. The average molecular weight is 418 g/mol. The quantitative estimate of drug-likeness (QED) is 0.465. The number of amides is 2. The lowest BCUT2D eigenvalue weighted by Gasteiger charge is -2.12. The molecule has 7 heteroatoms. The Balaban J connectivity index is 1.55. The van der Waals surface area contributed by atoms with Crippen molar-refractivity contribution in [3.8, 4) is 22.4 Å². The molecule has 6 nitrogen and oxygen atoms in total. The van der Waals surface area contributed by atoms with Gasteiger partial charge in [0, 0.05) is 31.1 Å². The Hall–Kier alpha value is -3.71. The monoisotopic (exact) mass is 418 g/mol. The third-order valence-corrected chi connectivity index (χ3v) is 5.06. The summed E-state index contributed by atoms with van der Waals surface area (Å²) in [5.74, 6) is -0.261. The van der Waals surface area contributed by atoms with Crippen molar-refractivity contribution in [1.29, 1.82) is 0 Å². The van der Waals surface area contributed by atoms with Crippen LogP contribution in [0.1, 0.15) is 6.92 Å². The number of halogens is 1. The number of imidazole rings is 1. The van der Waals surface area contributed by atoms with E-state index in [1.165, 1.54) is 12.1 Å². The molecule has 0 aliphatic carbocycles. The predicted molar refractivity (Wildman–Crippen MR) is 120 cm³/mol. The summed E-state index contributed by atoms with van der Waals surface area (Å²) in [7, 11) is 1.60. The minimum absolute atomic E-state index is 0.0601. The van der Waals surface area contributed by atoms with Gasteiger partial charge in [0.15, 0.2) is 0 Å². The maximum Gasteiger partial charge on any atom is 0.319 e. The van der Waals surface area contributed by atoms with Gasteiger partial charge in [-0.05, 0) is 54.4 Å². The van der Waals surface area contributed by atoms with Crippen molar-refractivity contribution < 1.29 is 13.9 Å². The number of ether oxygens (including phenoxy) is 1. The molecular formula is C24H23FN4O2. The van der Waals surface area contributed by atoms with E-state index in [1.807, 2.05) is 53.9 Å². The van der Waals surface area contributed by atoms with Crippen LogP contribution in [-0.4, -0.2) is 35.2 Å². The summed E-state index contributed by atoms with van der Waals surface area (Å²) in [6, 6.07) is 17.6. The minimum atomic E-state index is -0.289. The van der Waals surface area contributed by atoms with Gasteiger partial charge in [-0.2, -0.15) is 0 Å². The molecule has 1 atom stereocenters. The number of hydrogen-bond acceptors (Lipinski definition) is 3. The molecule has 2 heterocycles. The highest BCUT2D eigenvalue weighted by Crippen LogP contribution is 2.27. The number of carbonyl (C=O) groups excluding carboxylic acids is 1. The van der Waals surface area contributed by atoms with Crippen molar-refractivity contribution in [3.05, 3.63) is 78.9 Å². The second kappa shape index (κ2) is 8.97. The fourth-order valence-electron chi connectivity index (χ4n) is 3.27. The van der Waals surface area contributed by atoms with Gasteiger partial charge in [0.1, 0.15) is 11.5 Å². The standard InChI is InChI=1S/C24H23FN4O2/c1-16(31-2)14-27-24(30)28-21-5-3-4-19(12-21)22-15-26-23-13-18(10-11-29(22)23)17-6-8-20(25)9-7-17/h3-13,15-16H,14H2,1-2H3,(H2,27,28,30). The number of nitrogens with one attached hydrogen (secondary N) is 2. The molecule has 0 bridgehead atoms. The molecular weight excluding hydrogens is 395 g/mol. The number of rotatable bonds is 6. The molecule has 0 spiro atoms. The normalized spacial score (nSPS) is 12.0. The zero-order chi connectivity index (χ0) is 21.8. The highest BCUT2D eigenvalue weighted by atomic mass is 19.1. The molecule has 1 unspecified atom stereocenters. The van der Waals surface area contributed by atoms with E-state index >= 15 is 0 Å². The summed E-state index contributed by atoms with van der Waals surface area (Å²) < 4.78 is 20.3. The number of methoxy groups -OCH3 is 1. The molecule has 0 radical (unpaired) electrons. The molecule has 4 aromatic rings. The maximum absolute atomic E-state index is 13.2. The van der Waals surface area contributed by atoms with Crippen LogP contribution in [0.25, 0.3) is 28.0 Å². The van der Waals surface area contributed by atoms with Crippen LogP contribution >= 0.6 is 0 Å². The molecule has 2 aromatic heterocycles. The van der Waals surface area contributed by atoms with E-state index in [2.05, 4.69) is 15.6 Å². The van der Waals surface area contributed by atoms with Crippen LogP contribution in [0.4, 0.5) is 14.9 Å². The number of nitrogens with zero attached hydrogens (tertiary/aromatic N) is 2. The van der Waals surface area contributed by atoms with Crippen LogP contribution in [-0.2, 0) is 4.74 Å². The lowest BCUT2D eigenvalue weighted by molar-refractivity contribution is 0.119. The third-order valence-electron chi connectivity index (χ3n) is 5.06. The molecule has 0 saturated carbocycles. The Labute approximate surface area is 179 Å². The van der Waals surface area contributed by atoms with Gasteiger partial charge >= 0.3 is 6.03 Å². The van der Waals surface area contributed by atoms with Crippen molar-refractivity contribution in [1.82, 2.24) is 14.7 Å². The minimum Gasteiger partial charge on any atom is -0.380 e. The lowest BCUT2D eigenvalue weighted by Crippen LogP contribution is -2.34. The molecule has 0 aliphatic rings. The van der Waals surface area contributed by atoms with Crippen LogP contribution < -0.4 is 10.6 Å². The molecule has 4 rings (SSSR count). The SMILES string of the molecule is COC(C)CNC(=O)Nc1cccc(-c2cnc3cc(-c4ccc(F)cc4)ccn23)c1. The Bertz CT molecular complexity index is 1200. The molecule has 2 N–H and O–H groups in total. The van der Waals surface area contributed by atoms with E-state index in [-0.39, 0.29) is 18.0 Å². The van der Waals surface area contributed by atoms with Gasteiger partial charge in [0.25, 0.3) is 0 Å². The molecule has 31 heavy (non-hydrogen) atoms. The van der Waals surface area contributed by atoms with E-state index < -0.39 is 0 Å². The van der Waals surface area contributed by atoms with E-state index in [0.29, 0.717) is 12.2 Å². The van der Waals surface area contributed by atoms with E-state index in [9.17, 15) is 9.18 Å². The Morgan fingerprint density at radius 2 is 1.90 bits per heavy atom. The molecule has 0 saturated heterocycles. The van der Waals surface area contributed by atoms with Gasteiger partial charge in [-0.25, -0.2) is 14.2 Å². The smallest absolute Gasteiger partial charge is 0.319 e. The third kappa shape index (κ3) is 4.73. The fraction of sp³-hybridized carbons (Fsp3) is 0.167. The van der Waals surface area contributed by atoms with Crippen molar-refractivity contribution in [2.45, 2.75) is 13.0 Å². The predicted octanol–water partition coefficient (Wildman–Crippen LogP) is 4.96. The summed E-state index contributed by atoms with van der Waals surface area (Å²) in [6.45, 7) is 2.30. The zero-order valence-electron chi connectivity index (χ0n) is 17.3. The summed E-state index contributed by atoms with van der Waals surface area (Å²) in [4.78, 5) is 16.6. The van der Waals surface area contributed by atoms with Crippen LogP contribution in [0.5, 0.6) is 0 Å². The average Bonchev–Trinajstić information content (AvgIpc) is 3.21. The lowest BCUT2D eigenvalue weighted by atomic mass is 10.1. The molecule has 158 valence electrons. The van der Waals surface area contributed by atoms with Crippen molar-refractivity contribution in [3.63, 3.8) is 0 Å². The maximum atomic E-state index is 13.2. The molecule has 2 amide bonds. The van der Waals surface area contributed by atoms with Crippen molar-refractivity contribution in [2.75, 3.05) is 19.0 Å². The van der Waals surface area contributed by atoms with Crippen LogP contribution in [0.2, 0.25) is 0 Å². The first-order valence-corrected chi connectivity index (χ1v) is 9.94. The number of anilines is 1. The second-order valence-corrected chi connectivity index (χ2v) is 7.26. The van der Waals surface area contributed by atoms with Crippen molar-refractivity contribution >= 4 is 17.4 Å². The number of aromatic nitrogens is 2. The Kier molecular flexibility index (Phi) is 5.95. The fourth-order valence-corrected chi connectivity index (χ4v) is 3.27. The Morgan fingerprint density at radius 3 is 2.68 bits per heavy atom. The van der Waals surface area contributed by atoms with Gasteiger partial charge in [-0.15, -0.1) is 0 Å². The first-order chi connectivity index (χ1) is 15.0. The van der Waals surface area contributed by atoms with E-state index in [4.69, 9.17) is 4.74 Å². The number of hydrogen-bond donors (Lipinski definition) is 2. The van der Waals surface area contributed by atoms with E-state index in [1.54, 1.807) is 25.4 Å². The number of urea groups is 1. The zero-order valence-corrected chi connectivity index (χ0v) is 17.3. The first-order valence-electron chi connectivity index (χ1n) is 9.94. The van der Waals surface area contributed by atoms with Gasteiger partial charge < -0.3 is 15.4 Å². The highest BCUT2D eigenvalue weighted by molar-refractivity contribution is 5.90. The van der Waals surface area contributed by atoms with Gasteiger partial charge in [-0.1, -0.05) is 24.3 Å². The molecule has 0 aliphatic heterocycles. The number of pyridine rings is 1. The topological polar surface area (TPSA) is 67.7 Å². The van der Waals surface area contributed by atoms with Crippen molar-refractivity contribution in [2.24, 2.45) is 0 Å². The number of fused-ring (bicyclic) bond motifs is 1. The van der Waals surface area contributed by atoms with Crippen LogP contribution in [0, 0.1) is 5.82 Å². The van der Waals surface area contributed by atoms with Crippen LogP contribution in [0.15, 0.2) is 73.1 Å². The number of carbonyl (C=O) groups is 1. The van der Waals surface area contributed by atoms with Crippen LogP contribution in [0.3, 0.4) is 0 Å². The van der Waals surface area contributed by atoms with Gasteiger partial charge in [-0.3, -0.25) is 4.40 Å². The molecule has 0 fully saturated rings. The van der Waals surface area contributed by atoms with E-state index in [0.717, 1.165) is 28.0 Å². The highest BCUT2D eigenvalue weighted by Gasteiger charge is 2.10. The summed E-state index contributed by atoms with van der Waals surface area (Å²) in [5.41, 5.74) is 5.16. The molecule has 2 aromatic carbocycles. The summed E-state index contributed by atoms with van der Waals surface area (Å²) in [5, 5.41) is 5.62. The second-order valence-electron chi connectivity index (χ2n) is 7.26. The van der Waals surface area contributed by atoms with Gasteiger partial charge in [0.2, 0.25) is 0 Å². The number of benzene rings is 2. The largest absolute Gasteiger partial charge is 0.380 e.